The molecular formula is C15H18N4O2. The first kappa shape index (κ1) is 13.8. The summed E-state index contributed by atoms with van der Waals surface area (Å²) in [6, 6.07) is 7.47. The number of benzene rings is 1. The van der Waals surface area contributed by atoms with Crippen molar-refractivity contribution < 1.29 is 9.32 Å². The van der Waals surface area contributed by atoms with Crippen molar-refractivity contribution in [3.63, 3.8) is 0 Å². The summed E-state index contributed by atoms with van der Waals surface area (Å²) in [5.41, 5.74) is 1.45. The number of carbonyl (C=O) groups is 1. The van der Waals surface area contributed by atoms with Crippen LogP contribution >= 0.6 is 0 Å². The van der Waals surface area contributed by atoms with E-state index < -0.39 is 0 Å². The second-order valence-corrected chi connectivity index (χ2v) is 5.22. The van der Waals surface area contributed by atoms with Crippen LogP contribution in [-0.4, -0.2) is 29.1 Å². The summed E-state index contributed by atoms with van der Waals surface area (Å²) in [6.07, 6.45) is 1.95. The van der Waals surface area contributed by atoms with Gasteiger partial charge in [0.1, 0.15) is 0 Å². The summed E-state index contributed by atoms with van der Waals surface area (Å²) in [5, 5.41) is 10.0. The molecule has 2 heterocycles. The molecule has 0 bridgehead atoms. The van der Waals surface area contributed by atoms with Gasteiger partial charge in [0.15, 0.2) is 5.82 Å². The number of aromatic nitrogens is 2. The van der Waals surface area contributed by atoms with Gasteiger partial charge in [0.2, 0.25) is 5.91 Å². The number of anilines is 1. The van der Waals surface area contributed by atoms with E-state index in [1.54, 1.807) is 6.92 Å². The van der Waals surface area contributed by atoms with Crippen LogP contribution in [0.3, 0.4) is 0 Å². The van der Waals surface area contributed by atoms with Crippen molar-refractivity contribution in [1.82, 2.24) is 15.5 Å². The largest absolute Gasteiger partial charge is 0.334 e. The van der Waals surface area contributed by atoms with Gasteiger partial charge < -0.3 is 15.2 Å². The minimum absolute atomic E-state index is 0.0104. The highest BCUT2D eigenvalue weighted by molar-refractivity contribution is 5.96. The summed E-state index contributed by atoms with van der Waals surface area (Å²) in [4.78, 5) is 16.6. The van der Waals surface area contributed by atoms with Crippen LogP contribution in [0.25, 0.3) is 11.5 Å². The van der Waals surface area contributed by atoms with Gasteiger partial charge in [0.05, 0.1) is 17.2 Å². The summed E-state index contributed by atoms with van der Waals surface area (Å²) >= 11 is 0. The van der Waals surface area contributed by atoms with Crippen molar-refractivity contribution in [2.24, 2.45) is 5.92 Å². The maximum Gasteiger partial charge on any atom is 0.260 e. The van der Waals surface area contributed by atoms with E-state index in [9.17, 15) is 4.79 Å². The molecule has 1 aliphatic rings. The first-order chi connectivity index (χ1) is 10.2. The maximum absolute atomic E-state index is 12.3. The smallest absolute Gasteiger partial charge is 0.260 e. The number of hydrogen-bond donors (Lipinski definition) is 2. The molecule has 3 rings (SSSR count). The summed E-state index contributed by atoms with van der Waals surface area (Å²) in [6.45, 7) is 3.48. The monoisotopic (exact) mass is 286 g/mol. The van der Waals surface area contributed by atoms with Crippen LogP contribution in [0.5, 0.6) is 0 Å². The highest BCUT2D eigenvalue weighted by Gasteiger charge is 2.22. The van der Waals surface area contributed by atoms with Crippen LogP contribution in [0.2, 0.25) is 0 Å². The van der Waals surface area contributed by atoms with Crippen molar-refractivity contribution in [2.45, 2.75) is 19.8 Å². The summed E-state index contributed by atoms with van der Waals surface area (Å²) < 4.78 is 5.19. The Morgan fingerprint density at radius 3 is 3.00 bits per heavy atom. The molecule has 21 heavy (non-hydrogen) atoms. The van der Waals surface area contributed by atoms with Gasteiger partial charge in [-0.2, -0.15) is 4.98 Å². The first-order valence-electron chi connectivity index (χ1n) is 7.15. The summed E-state index contributed by atoms with van der Waals surface area (Å²) in [7, 11) is 0. The molecule has 1 aromatic heterocycles. The molecule has 1 fully saturated rings. The fourth-order valence-electron chi connectivity index (χ4n) is 2.50. The molecule has 1 atom stereocenters. The van der Waals surface area contributed by atoms with Gasteiger partial charge in [-0.1, -0.05) is 17.3 Å². The zero-order valence-corrected chi connectivity index (χ0v) is 11.9. The van der Waals surface area contributed by atoms with Gasteiger partial charge in [-0.05, 0) is 38.4 Å². The number of aryl methyl sites for hydroxylation is 1. The Bertz CT molecular complexity index is 632. The predicted octanol–water partition coefficient (Wildman–Crippen LogP) is 1.98. The van der Waals surface area contributed by atoms with Gasteiger partial charge in [-0.3, -0.25) is 4.79 Å². The molecule has 1 amide bonds. The Morgan fingerprint density at radius 1 is 1.43 bits per heavy atom. The van der Waals surface area contributed by atoms with Gasteiger partial charge >= 0.3 is 0 Å². The highest BCUT2D eigenvalue weighted by Crippen LogP contribution is 2.27. The van der Waals surface area contributed by atoms with Crippen LogP contribution in [-0.2, 0) is 4.79 Å². The molecule has 0 aliphatic carbocycles. The van der Waals surface area contributed by atoms with Crippen LogP contribution < -0.4 is 10.6 Å². The minimum atomic E-state index is 0.0104. The lowest BCUT2D eigenvalue weighted by molar-refractivity contribution is -0.120. The lowest BCUT2D eigenvalue weighted by Crippen LogP contribution is -2.37. The fraction of sp³-hybridized carbons (Fsp3) is 0.400. The molecule has 6 nitrogen and oxygen atoms in total. The van der Waals surface area contributed by atoms with Crippen LogP contribution in [0, 0.1) is 12.8 Å². The Labute approximate surface area is 122 Å². The zero-order valence-electron chi connectivity index (χ0n) is 11.9. The van der Waals surface area contributed by atoms with E-state index in [4.69, 9.17) is 4.52 Å². The molecular weight excluding hydrogens is 268 g/mol. The van der Waals surface area contributed by atoms with E-state index in [0.717, 1.165) is 31.5 Å². The SMILES string of the molecule is Cc1noc(-c2ccccc2NC(=O)C2CCCNC2)n1. The minimum Gasteiger partial charge on any atom is -0.334 e. The Balaban J connectivity index is 1.80. The Morgan fingerprint density at radius 2 is 2.29 bits per heavy atom. The molecule has 1 aromatic carbocycles. The Kier molecular flexibility index (Phi) is 3.96. The van der Waals surface area contributed by atoms with Gasteiger partial charge in [-0.15, -0.1) is 0 Å². The average Bonchev–Trinajstić information content (AvgIpc) is 2.95. The number of carbonyl (C=O) groups excluding carboxylic acids is 1. The normalized spacial score (nSPS) is 18.4. The third-order valence-electron chi connectivity index (χ3n) is 3.61. The molecule has 1 saturated heterocycles. The van der Waals surface area contributed by atoms with Crippen molar-refractivity contribution >= 4 is 11.6 Å². The number of piperidine rings is 1. The maximum atomic E-state index is 12.3. The highest BCUT2D eigenvalue weighted by atomic mass is 16.5. The topological polar surface area (TPSA) is 80.0 Å². The van der Waals surface area contributed by atoms with Crippen LogP contribution in [0.4, 0.5) is 5.69 Å². The molecule has 2 N–H and O–H groups in total. The summed E-state index contributed by atoms with van der Waals surface area (Å²) in [5.74, 6) is 1.04. The van der Waals surface area contributed by atoms with Crippen LogP contribution in [0.15, 0.2) is 28.8 Å². The molecule has 110 valence electrons. The molecule has 6 heteroatoms. The predicted molar refractivity (Wildman–Crippen MR) is 78.7 cm³/mol. The number of amides is 1. The third kappa shape index (κ3) is 3.11. The van der Waals surface area contributed by atoms with Crippen LogP contribution in [0.1, 0.15) is 18.7 Å². The van der Waals surface area contributed by atoms with E-state index >= 15 is 0 Å². The second kappa shape index (κ2) is 6.05. The van der Waals surface area contributed by atoms with E-state index in [1.165, 1.54) is 0 Å². The number of rotatable bonds is 3. The molecule has 1 unspecified atom stereocenters. The number of nitrogens with one attached hydrogen (secondary N) is 2. The van der Waals surface area contributed by atoms with E-state index in [-0.39, 0.29) is 11.8 Å². The van der Waals surface area contributed by atoms with Gasteiger partial charge in [0, 0.05) is 6.54 Å². The Hall–Kier alpha value is -2.21. The average molecular weight is 286 g/mol. The van der Waals surface area contributed by atoms with Crippen molar-refractivity contribution in [1.29, 1.82) is 0 Å². The van der Waals surface area contributed by atoms with E-state index in [1.807, 2.05) is 24.3 Å². The fourth-order valence-corrected chi connectivity index (χ4v) is 2.50. The molecule has 0 spiro atoms. The molecule has 1 aliphatic heterocycles. The number of para-hydroxylation sites is 1. The quantitative estimate of drug-likeness (QED) is 0.902. The number of hydrogen-bond acceptors (Lipinski definition) is 5. The van der Waals surface area contributed by atoms with E-state index in [0.29, 0.717) is 17.4 Å². The van der Waals surface area contributed by atoms with Crippen molar-refractivity contribution in [2.75, 3.05) is 18.4 Å². The lowest BCUT2D eigenvalue weighted by Gasteiger charge is -2.22. The standard InChI is InChI=1S/C15H18N4O2/c1-10-17-15(21-19-10)12-6-2-3-7-13(12)18-14(20)11-5-4-8-16-9-11/h2-3,6-7,11,16H,4-5,8-9H2,1H3,(H,18,20). The van der Waals surface area contributed by atoms with Gasteiger partial charge in [0.25, 0.3) is 5.89 Å². The number of nitrogens with zero attached hydrogens (tertiary/aromatic N) is 2. The first-order valence-corrected chi connectivity index (χ1v) is 7.15. The van der Waals surface area contributed by atoms with Crippen molar-refractivity contribution in [3.8, 4) is 11.5 Å². The zero-order chi connectivity index (χ0) is 14.7. The lowest BCUT2D eigenvalue weighted by atomic mass is 9.98. The third-order valence-corrected chi connectivity index (χ3v) is 3.61. The van der Waals surface area contributed by atoms with Crippen molar-refractivity contribution in [3.05, 3.63) is 30.1 Å². The second-order valence-electron chi connectivity index (χ2n) is 5.22. The van der Waals surface area contributed by atoms with E-state index in [2.05, 4.69) is 20.8 Å². The molecule has 2 aromatic rings. The molecule has 0 saturated carbocycles. The van der Waals surface area contributed by atoms with Gasteiger partial charge in [-0.25, -0.2) is 0 Å². The molecule has 0 radical (unpaired) electrons.